The third kappa shape index (κ3) is 4.79. The van der Waals surface area contributed by atoms with Crippen LogP contribution in [0.1, 0.15) is 37.3 Å². The molecule has 0 unspecified atom stereocenters. The minimum atomic E-state index is -0.172. The smallest absolute Gasteiger partial charge is 0.227 e. The highest BCUT2D eigenvalue weighted by Crippen LogP contribution is 2.25. The lowest BCUT2D eigenvalue weighted by Crippen LogP contribution is -2.16. The van der Waals surface area contributed by atoms with Crippen molar-refractivity contribution in [1.29, 1.82) is 0 Å². The fraction of sp³-hybridized carbons (Fsp3) is 0.333. The standard InChI is InChI=1S/C18H22N2O3/c1-13(2)15-5-3-4-6-17(15)23-10-8-18(22)20-16-11-19-9-7-14(16)12-21/h3-7,9,11,13,21H,8,10,12H2,1-2H3,(H,20,22). The number of ether oxygens (including phenoxy) is 1. The summed E-state index contributed by atoms with van der Waals surface area (Å²) in [7, 11) is 0. The summed E-state index contributed by atoms with van der Waals surface area (Å²) < 4.78 is 5.74. The highest BCUT2D eigenvalue weighted by atomic mass is 16.5. The number of aliphatic hydroxyl groups is 1. The van der Waals surface area contributed by atoms with Crippen LogP contribution in [0.3, 0.4) is 0 Å². The number of nitrogens with one attached hydrogen (secondary N) is 1. The first-order valence-corrected chi connectivity index (χ1v) is 7.67. The van der Waals surface area contributed by atoms with Gasteiger partial charge in [0.1, 0.15) is 5.75 Å². The van der Waals surface area contributed by atoms with Gasteiger partial charge >= 0.3 is 0 Å². The molecule has 0 atom stereocenters. The Morgan fingerprint density at radius 3 is 2.83 bits per heavy atom. The molecular formula is C18H22N2O3. The maximum Gasteiger partial charge on any atom is 0.227 e. The van der Waals surface area contributed by atoms with Crippen molar-refractivity contribution in [3.63, 3.8) is 0 Å². The third-order valence-electron chi connectivity index (χ3n) is 3.48. The first-order valence-electron chi connectivity index (χ1n) is 7.67. The van der Waals surface area contributed by atoms with E-state index in [9.17, 15) is 9.90 Å². The number of hydrogen-bond donors (Lipinski definition) is 2. The Balaban J connectivity index is 1.88. The maximum atomic E-state index is 12.0. The summed E-state index contributed by atoms with van der Waals surface area (Å²) >= 11 is 0. The van der Waals surface area contributed by atoms with Gasteiger partial charge in [0, 0.05) is 11.8 Å². The van der Waals surface area contributed by atoms with Gasteiger partial charge in [0.15, 0.2) is 0 Å². The molecular weight excluding hydrogens is 292 g/mol. The molecule has 2 N–H and O–H groups in total. The molecule has 0 saturated heterocycles. The largest absolute Gasteiger partial charge is 0.493 e. The molecule has 1 heterocycles. The van der Waals surface area contributed by atoms with E-state index in [1.165, 1.54) is 6.20 Å². The third-order valence-corrected chi connectivity index (χ3v) is 3.48. The summed E-state index contributed by atoms with van der Waals surface area (Å²) in [6, 6.07) is 9.52. The molecule has 122 valence electrons. The summed E-state index contributed by atoms with van der Waals surface area (Å²) in [5.41, 5.74) is 2.30. The molecule has 0 bridgehead atoms. The number of amides is 1. The molecule has 2 aromatic rings. The van der Waals surface area contributed by atoms with Crippen molar-refractivity contribution in [1.82, 2.24) is 4.98 Å². The van der Waals surface area contributed by atoms with Gasteiger partial charge in [-0.3, -0.25) is 9.78 Å². The van der Waals surface area contributed by atoms with Crippen molar-refractivity contribution < 1.29 is 14.6 Å². The number of aliphatic hydroxyl groups excluding tert-OH is 1. The monoisotopic (exact) mass is 314 g/mol. The van der Waals surface area contributed by atoms with E-state index in [0.29, 0.717) is 23.8 Å². The SMILES string of the molecule is CC(C)c1ccccc1OCCC(=O)Nc1cnccc1CO. The van der Waals surface area contributed by atoms with E-state index in [1.54, 1.807) is 12.3 Å². The number of benzene rings is 1. The summed E-state index contributed by atoms with van der Waals surface area (Å²) in [5, 5.41) is 12.0. The van der Waals surface area contributed by atoms with Crippen LogP contribution in [0.15, 0.2) is 42.7 Å². The molecule has 0 aliphatic rings. The van der Waals surface area contributed by atoms with Crippen molar-refractivity contribution >= 4 is 11.6 Å². The van der Waals surface area contributed by atoms with E-state index in [4.69, 9.17) is 4.74 Å². The number of carbonyl (C=O) groups excluding carboxylic acids is 1. The highest BCUT2D eigenvalue weighted by Gasteiger charge is 2.09. The van der Waals surface area contributed by atoms with Crippen LogP contribution in [-0.4, -0.2) is 22.6 Å². The molecule has 0 spiro atoms. The van der Waals surface area contributed by atoms with Crippen LogP contribution in [0.2, 0.25) is 0 Å². The average Bonchev–Trinajstić information content (AvgIpc) is 2.55. The minimum absolute atomic E-state index is 0.142. The topological polar surface area (TPSA) is 71.5 Å². The number of rotatable bonds is 7. The van der Waals surface area contributed by atoms with Gasteiger partial charge in [-0.25, -0.2) is 0 Å². The molecule has 23 heavy (non-hydrogen) atoms. The zero-order valence-corrected chi connectivity index (χ0v) is 13.5. The second-order valence-electron chi connectivity index (χ2n) is 5.53. The Bertz CT molecular complexity index is 656. The highest BCUT2D eigenvalue weighted by molar-refractivity contribution is 5.91. The van der Waals surface area contributed by atoms with Gasteiger partial charge in [-0.2, -0.15) is 0 Å². The lowest BCUT2D eigenvalue weighted by atomic mass is 10.0. The average molecular weight is 314 g/mol. The van der Waals surface area contributed by atoms with Gasteiger partial charge in [-0.1, -0.05) is 32.0 Å². The van der Waals surface area contributed by atoms with Crippen LogP contribution in [0.25, 0.3) is 0 Å². The van der Waals surface area contributed by atoms with Crippen molar-refractivity contribution in [3.05, 3.63) is 53.9 Å². The van der Waals surface area contributed by atoms with E-state index in [2.05, 4.69) is 24.1 Å². The molecule has 0 saturated carbocycles. The number of nitrogens with zero attached hydrogens (tertiary/aromatic N) is 1. The van der Waals surface area contributed by atoms with Crippen molar-refractivity contribution in [2.24, 2.45) is 0 Å². The Morgan fingerprint density at radius 1 is 1.30 bits per heavy atom. The van der Waals surface area contributed by atoms with Crippen molar-refractivity contribution in [2.75, 3.05) is 11.9 Å². The molecule has 1 aromatic heterocycles. The van der Waals surface area contributed by atoms with Gasteiger partial charge in [0.2, 0.25) is 5.91 Å². The van der Waals surface area contributed by atoms with Gasteiger partial charge in [0.25, 0.3) is 0 Å². The van der Waals surface area contributed by atoms with Crippen molar-refractivity contribution in [2.45, 2.75) is 32.8 Å². The summed E-state index contributed by atoms with van der Waals surface area (Å²) in [6.07, 6.45) is 3.33. The van der Waals surface area contributed by atoms with E-state index in [0.717, 1.165) is 11.3 Å². The zero-order valence-electron chi connectivity index (χ0n) is 13.5. The molecule has 0 aliphatic carbocycles. The molecule has 1 amide bonds. The second-order valence-corrected chi connectivity index (χ2v) is 5.53. The Hall–Kier alpha value is -2.40. The summed E-state index contributed by atoms with van der Waals surface area (Å²) in [6.45, 7) is 4.36. The summed E-state index contributed by atoms with van der Waals surface area (Å²) in [5.74, 6) is 1.00. The quantitative estimate of drug-likeness (QED) is 0.824. The summed E-state index contributed by atoms with van der Waals surface area (Å²) in [4.78, 5) is 15.9. The van der Waals surface area contributed by atoms with Crippen LogP contribution in [0.5, 0.6) is 5.75 Å². The lowest BCUT2D eigenvalue weighted by molar-refractivity contribution is -0.116. The lowest BCUT2D eigenvalue weighted by Gasteiger charge is -2.14. The fourth-order valence-corrected chi connectivity index (χ4v) is 2.23. The van der Waals surface area contributed by atoms with Crippen LogP contribution in [-0.2, 0) is 11.4 Å². The van der Waals surface area contributed by atoms with Crippen LogP contribution < -0.4 is 10.1 Å². The van der Waals surface area contributed by atoms with E-state index >= 15 is 0 Å². The molecule has 2 rings (SSSR count). The normalized spacial score (nSPS) is 10.6. The van der Waals surface area contributed by atoms with Crippen LogP contribution in [0, 0.1) is 0 Å². The van der Waals surface area contributed by atoms with Gasteiger partial charge in [0.05, 0.1) is 31.5 Å². The molecule has 1 aromatic carbocycles. The Kier molecular flexibility index (Phi) is 6.11. The second kappa shape index (κ2) is 8.29. The minimum Gasteiger partial charge on any atom is -0.493 e. The number of anilines is 1. The van der Waals surface area contributed by atoms with Gasteiger partial charge in [-0.05, 0) is 23.6 Å². The molecule has 0 fully saturated rings. The fourth-order valence-electron chi connectivity index (χ4n) is 2.23. The Morgan fingerprint density at radius 2 is 2.09 bits per heavy atom. The molecule has 0 radical (unpaired) electrons. The number of aromatic nitrogens is 1. The van der Waals surface area contributed by atoms with Crippen LogP contribution >= 0.6 is 0 Å². The van der Waals surface area contributed by atoms with E-state index < -0.39 is 0 Å². The molecule has 5 heteroatoms. The van der Waals surface area contributed by atoms with E-state index in [1.807, 2.05) is 24.3 Å². The zero-order chi connectivity index (χ0) is 16.7. The predicted molar refractivity (Wildman–Crippen MR) is 89.4 cm³/mol. The maximum absolute atomic E-state index is 12.0. The first kappa shape index (κ1) is 17.0. The number of carbonyl (C=O) groups is 1. The van der Waals surface area contributed by atoms with Crippen LogP contribution in [0.4, 0.5) is 5.69 Å². The van der Waals surface area contributed by atoms with Gasteiger partial charge in [-0.15, -0.1) is 0 Å². The predicted octanol–water partition coefficient (Wildman–Crippen LogP) is 3.10. The number of para-hydroxylation sites is 1. The molecule has 5 nitrogen and oxygen atoms in total. The molecule has 0 aliphatic heterocycles. The van der Waals surface area contributed by atoms with Crippen molar-refractivity contribution in [3.8, 4) is 5.75 Å². The van der Waals surface area contributed by atoms with E-state index in [-0.39, 0.29) is 18.9 Å². The van der Waals surface area contributed by atoms with Gasteiger partial charge < -0.3 is 15.2 Å². The number of hydrogen-bond acceptors (Lipinski definition) is 4. The first-order chi connectivity index (χ1) is 11.1. The Labute approximate surface area is 136 Å². The number of pyridine rings is 1.